The lowest BCUT2D eigenvalue weighted by Gasteiger charge is -2.33. The maximum absolute atomic E-state index is 12.9. The van der Waals surface area contributed by atoms with Crippen LogP contribution in [0.4, 0.5) is 21.9 Å². The molecule has 2 fully saturated rings. The summed E-state index contributed by atoms with van der Waals surface area (Å²) in [6.07, 6.45) is 3.31. The van der Waals surface area contributed by atoms with Crippen molar-refractivity contribution < 1.29 is 9.59 Å². The van der Waals surface area contributed by atoms with Crippen LogP contribution in [0.1, 0.15) is 29.6 Å². The number of likely N-dealkylation sites (tertiary alicyclic amines) is 1. The Morgan fingerprint density at radius 1 is 0.857 bits per heavy atom. The van der Waals surface area contributed by atoms with Crippen molar-refractivity contribution in [1.29, 1.82) is 0 Å². The highest BCUT2D eigenvalue weighted by molar-refractivity contribution is 6.06. The molecule has 180 valence electrons. The summed E-state index contributed by atoms with van der Waals surface area (Å²) in [5.74, 6) is -0.257. The molecule has 35 heavy (non-hydrogen) atoms. The molecule has 1 spiro atoms. The number of benzene rings is 3. The average Bonchev–Trinajstić information content (AvgIpc) is 3.30. The number of nitrogen functional groups attached to an aromatic ring is 1. The second-order valence-corrected chi connectivity index (χ2v) is 9.55. The van der Waals surface area contributed by atoms with Gasteiger partial charge in [-0.3, -0.25) is 4.79 Å². The van der Waals surface area contributed by atoms with Crippen molar-refractivity contribution in [3.05, 3.63) is 78.4 Å². The first-order valence-electron chi connectivity index (χ1n) is 12.1. The highest BCUT2D eigenvalue weighted by Gasteiger charge is 2.40. The summed E-state index contributed by atoms with van der Waals surface area (Å²) in [5, 5.41) is 9.29. The Balaban J connectivity index is 1.21. The molecule has 0 aromatic heterocycles. The van der Waals surface area contributed by atoms with Crippen LogP contribution in [0, 0.1) is 5.41 Å². The molecule has 0 bridgehead atoms. The molecule has 2 aliphatic rings. The van der Waals surface area contributed by atoms with Crippen molar-refractivity contribution in [3.63, 3.8) is 0 Å². The Morgan fingerprint density at radius 3 is 2.34 bits per heavy atom. The molecule has 2 aliphatic heterocycles. The molecule has 5 rings (SSSR count). The third-order valence-electron chi connectivity index (χ3n) is 7.20. The van der Waals surface area contributed by atoms with Crippen LogP contribution in [0.25, 0.3) is 11.1 Å². The van der Waals surface area contributed by atoms with Gasteiger partial charge in [0, 0.05) is 24.3 Å². The van der Waals surface area contributed by atoms with E-state index in [1.807, 2.05) is 47.4 Å². The van der Waals surface area contributed by atoms with E-state index in [1.54, 1.807) is 30.3 Å². The average molecular weight is 470 g/mol. The predicted molar refractivity (Wildman–Crippen MR) is 140 cm³/mol. The summed E-state index contributed by atoms with van der Waals surface area (Å²) in [5.41, 5.74) is 10.6. The summed E-state index contributed by atoms with van der Waals surface area (Å²) >= 11 is 0. The maximum atomic E-state index is 12.9. The zero-order valence-corrected chi connectivity index (χ0v) is 19.7. The Labute approximate surface area is 205 Å². The quantitative estimate of drug-likeness (QED) is 0.413. The minimum absolute atomic E-state index is 0.0805. The van der Waals surface area contributed by atoms with Crippen LogP contribution in [-0.4, -0.2) is 43.0 Å². The molecular weight excluding hydrogens is 438 g/mol. The molecule has 0 unspecified atom stereocenters. The van der Waals surface area contributed by atoms with Crippen LogP contribution in [0.2, 0.25) is 0 Å². The first kappa shape index (κ1) is 22.9. The van der Waals surface area contributed by atoms with E-state index in [4.69, 9.17) is 5.73 Å². The number of amides is 3. The zero-order valence-electron chi connectivity index (χ0n) is 19.7. The van der Waals surface area contributed by atoms with Gasteiger partial charge in [-0.25, -0.2) is 4.79 Å². The van der Waals surface area contributed by atoms with Crippen molar-refractivity contribution in [3.8, 4) is 11.1 Å². The van der Waals surface area contributed by atoms with E-state index in [1.165, 1.54) is 0 Å². The number of nitrogens with zero attached hydrogens (tertiary/aromatic N) is 1. The molecule has 0 aliphatic carbocycles. The third-order valence-corrected chi connectivity index (χ3v) is 7.20. The summed E-state index contributed by atoms with van der Waals surface area (Å²) < 4.78 is 0. The monoisotopic (exact) mass is 469 g/mol. The van der Waals surface area contributed by atoms with Crippen molar-refractivity contribution in [1.82, 2.24) is 10.2 Å². The molecular formula is C28H31N5O2. The smallest absolute Gasteiger partial charge is 0.321 e. The Kier molecular flexibility index (Phi) is 6.42. The van der Waals surface area contributed by atoms with Crippen LogP contribution in [-0.2, 0) is 0 Å². The zero-order chi connectivity index (χ0) is 24.3. The number of carbonyl (C=O) groups is 2. The lowest BCUT2D eigenvalue weighted by molar-refractivity contribution is 0.102. The fraction of sp³-hybridized carbons (Fsp3) is 0.286. The van der Waals surface area contributed by atoms with Crippen molar-refractivity contribution >= 4 is 29.0 Å². The van der Waals surface area contributed by atoms with Crippen LogP contribution in [0.15, 0.2) is 72.8 Å². The highest BCUT2D eigenvalue weighted by Crippen LogP contribution is 2.38. The van der Waals surface area contributed by atoms with Crippen molar-refractivity contribution in [2.24, 2.45) is 5.41 Å². The van der Waals surface area contributed by atoms with Crippen LogP contribution >= 0.6 is 0 Å². The molecule has 5 N–H and O–H groups in total. The number of hydrogen-bond donors (Lipinski definition) is 4. The topological polar surface area (TPSA) is 99.5 Å². The highest BCUT2D eigenvalue weighted by atomic mass is 16.2. The van der Waals surface area contributed by atoms with E-state index in [0.717, 1.165) is 56.6 Å². The molecule has 3 aromatic rings. The number of piperidine rings is 1. The molecule has 7 nitrogen and oxygen atoms in total. The number of hydrogen-bond acceptors (Lipinski definition) is 4. The standard InChI is InChI=1S/C28H31N5O2/c29-24-11-8-22(20-4-2-1-3-5-20)18-25(24)32-26(34)21-6-9-23(10-7-21)31-27(35)33-17-14-28(19-33)12-15-30-16-13-28/h1-11,18,30H,12-17,19,29H2,(H,31,35)(H,32,34). The lowest BCUT2D eigenvalue weighted by atomic mass is 9.78. The third kappa shape index (κ3) is 5.15. The van der Waals surface area contributed by atoms with E-state index < -0.39 is 0 Å². The van der Waals surface area contributed by atoms with Gasteiger partial charge in [0.1, 0.15) is 0 Å². The van der Waals surface area contributed by atoms with Crippen molar-refractivity contribution in [2.45, 2.75) is 19.3 Å². The molecule has 3 amide bonds. The van der Waals surface area contributed by atoms with Gasteiger partial charge in [0.05, 0.1) is 11.4 Å². The number of nitrogens with one attached hydrogen (secondary N) is 3. The largest absolute Gasteiger partial charge is 0.397 e. The first-order valence-corrected chi connectivity index (χ1v) is 12.1. The number of rotatable bonds is 4. The molecule has 0 atom stereocenters. The SMILES string of the molecule is Nc1ccc(-c2ccccc2)cc1NC(=O)c1ccc(NC(=O)N2CCC3(CCNCC3)C2)cc1. The van der Waals surface area contributed by atoms with E-state index in [-0.39, 0.29) is 17.4 Å². The van der Waals surface area contributed by atoms with E-state index >= 15 is 0 Å². The molecule has 3 aromatic carbocycles. The van der Waals surface area contributed by atoms with Gasteiger partial charge in [-0.15, -0.1) is 0 Å². The summed E-state index contributed by atoms with van der Waals surface area (Å²) in [6, 6.07) is 22.4. The predicted octanol–water partition coefficient (Wildman–Crippen LogP) is 4.80. The Hall–Kier alpha value is -3.84. The van der Waals surface area contributed by atoms with Crippen LogP contribution in [0.3, 0.4) is 0 Å². The summed E-state index contributed by atoms with van der Waals surface area (Å²) in [6.45, 7) is 3.66. The first-order chi connectivity index (χ1) is 17.0. The van der Waals surface area contributed by atoms with Crippen LogP contribution in [0.5, 0.6) is 0 Å². The van der Waals surface area contributed by atoms with Gasteiger partial charge in [0.25, 0.3) is 5.91 Å². The second kappa shape index (κ2) is 9.80. The molecule has 2 heterocycles. The molecule has 7 heteroatoms. The molecule has 2 saturated heterocycles. The Morgan fingerprint density at radius 2 is 1.60 bits per heavy atom. The normalized spacial score (nSPS) is 16.7. The van der Waals surface area contributed by atoms with Gasteiger partial charge >= 0.3 is 6.03 Å². The minimum atomic E-state index is -0.257. The Bertz CT molecular complexity index is 1200. The van der Waals surface area contributed by atoms with Gasteiger partial charge in [-0.1, -0.05) is 36.4 Å². The summed E-state index contributed by atoms with van der Waals surface area (Å²) in [4.78, 5) is 27.6. The number of urea groups is 1. The minimum Gasteiger partial charge on any atom is -0.397 e. The van der Waals surface area contributed by atoms with E-state index in [9.17, 15) is 9.59 Å². The van der Waals surface area contributed by atoms with Crippen molar-refractivity contribution in [2.75, 3.05) is 42.5 Å². The maximum Gasteiger partial charge on any atom is 0.321 e. The second-order valence-electron chi connectivity index (χ2n) is 9.55. The molecule has 0 saturated carbocycles. The van der Waals surface area contributed by atoms with Gasteiger partial charge < -0.3 is 26.6 Å². The summed E-state index contributed by atoms with van der Waals surface area (Å²) in [7, 11) is 0. The van der Waals surface area contributed by atoms with Crippen LogP contribution < -0.4 is 21.7 Å². The van der Waals surface area contributed by atoms with Gasteiger partial charge in [-0.2, -0.15) is 0 Å². The number of nitrogens with two attached hydrogens (primary N) is 1. The van der Waals surface area contributed by atoms with E-state index in [0.29, 0.717) is 22.6 Å². The fourth-order valence-electron chi connectivity index (χ4n) is 5.05. The molecule has 0 radical (unpaired) electrons. The van der Waals surface area contributed by atoms with Gasteiger partial charge in [0.2, 0.25) is 0 Å². The number of carbonyl (C=O) groups excluding carboxylic acids is 2. The fourth-order valence-corrected chi connectivity index (χ4v) is 5.05. The van der Waals surface area contributed by atoms with E-state index in [2.05, 4.69) is 16.0 Å². The number of anilines is 3. The van der Waals surface area contributed by atoms with Gasteiger partial charge in [0.15, 0.2) is 0 Å². The lowest BCUT2D eigenvalue weighted by Crippen LogP contribution is -2.40. The van der Waals surface area contributed by atoms with Gasteiger partial charge in [-0.05, 0) is 85.3 Å².